The summed E-state index contributed by atoms with van der Waals surface area (Å²) in [5, 5.41) is 59.8. The summed E-state index contributed by atoms with van der Waals surface area (Å²) in [5.74, 6) is 0. The van der Waals surface area contributed by atoms with Crippen LogP contribution in [0.1, 0.15) is 27.7 Å². The van der Waals surface area contributed by atoms with Gasteiger partial charge in [0.05, 0.1) is 27.4 Å². The molecule has 2 aliphatic rings. The molecular weight excluding hydrogens is 404 g/mol. The molecule has 2 aliphatic heterocycles. The zero-order valence-corrected chi connectivity index (χ0v) is 18.4. The second kappa shape index (κ2) is 12.5. The lowest BCUT2D eigenvalue weighted by molar-refractivity contribution is -0.316. The Bertz CT molecular complexity index is 444. The highest BCUT2D eigenvalue weighted by molar-refractivity contribution is 4.86. The van der Waals surface area contributed by atoms with Crippen molar-refractivity contribution < 1.29 is 49.8 Å². The molecule has 0 aromatic carbocycles. The summed E-state index contributed by atoms with van der Waals surface area (Å²) in [7, 11) is 2.93. The van der Waals surface area contributed by atoms with Crippen molar-refractivity contribution in [1.82, 2.24) is 10.1 Å². The first kappa shape index (κ1) is 27.6. The molecule has 180 valence electrons. The van der Waals surface area contributed by atoms with Crippen LogP contribution in [-0.2, 0) is 19.1 Å². The van der Waals surface area contributed by atoms with Crippen LogP contribution in [-0.4, -0.2) is 129 Å². The number of rotatable bonds is 6. The van der Waals surface area contributed by atoms with Gasteiger partial charge >= 0.3 is 0 Å². The quantitative estimate of drug-likeness (QED) is 0.238. The maximum Gasteiger partial charge on any atom is 0.161 e. The SMILES string of the molecule is CON(C(C)C)[C@@H]1OC[C@@H](O)[C@H](O)C1O.CON(C(C)C)[C@H]1OC[C@H](O)[C@H](O)C1O. The van der Waals surface area contributed by atoms with E-state index in [1.807, 2.05) is 27.7 Å². The van der Waals surface area contributed by atoms with Crippen molar-refractivity contribution in [2.75, 3.05) is 27.4 Å². The third-order valence-corrected chi connectivity index (χ3v) is 4.89. The lowest BCUT2D eigenvalue weighted by Crippen LogP contribution is -2.60. The summed E-state index contributed by atoms with van der Waals surface area (Å²) in [6.45, 7) is 7.45. The molecule has 12 heteroatoms. The first-order valence-corrected chi connectivity index (χ1v) is 9.94. The average Bonchev–Trinajstić information content (AvgIpc) is 2.69. The lowest BCUT2D eigenvalue weighted by atomic mass is 10.0. The highest BCUT2D eigenvalue weighted by Gasteiger charge is 2.42. The van der Waals surface area contributed by atoms with E-state index in [1.54, 1.807) is 0 Å². The fourth-order valence-electron chi connectivity index (χ4n) is 3.25. The van der Waals surface area contributed by atoms with E-state index in [-0.39, 0.29) is 25.3 Å². The second-order valence-electron chi connectivity index (χ2n) is 7.82. The Kier molecular flexibility index (Phi) is 11.5. The summed E-state index contributed by atoms with van der Waals surface area (Å²) in [6, 6.07) is -0.00538. The molecule has 2 fully saturated rings. The molecule has 12 nitrogen and oxygen atoms in total. The lowest BCUT2D eigenvalue weighted by Gasteiger charge is -2.41. The molecule has 2 heterocycles. The van der Waals surface area contributed by atoms with Crippen molar-refractivity contribution in [2.24, 2.45) is 0 Å². The molecule has 2 rings (SSSR count). The van der Waals surface area contributed by atoms with Crippen molar-refractivity contribution in [2.45, 2.75) is 88.9 Å². The Morgan fingerprint density at radius 2 is 0.933 bits per heavy atom. The van der Waals surface area contributed by atoms with Crippen LogP contribution < -0.4 is 0 Å². The molecule has 0 bridgehead atoms. The van der Waals surface area contributed by atoms with Crippen LogP contribution in [0.5, 0.6) is 0 Å². The maximum absolute atomic E-state index is 9.70. The fraction of sp³-hybridized carbons (Fsp3) is 1.00. The van der Waals surface area contributed by atoms with Crippen molar-refractivity contribution in [3.63, 3.8) is 0 Å². The van der Waals surface area contributed by atoms with E-state index < -0.39 is 49.1 Å². The molecular formula is C18H38N2O10. The van der Waals surface area contributed by atoms with Gasteiger partial charge in [0.2, 0.25) is 0 Å². The summed E-state index contributed by atoms with van der Waals surface area (Å²) < 4.78 is 10.5. The number of ether oxygens (including phenoxy) is 2. The zero-order chi connectivity index (χ0) is 23.2. The van der Waals surface area contributed by atoms with Crippen molar-refractivity contribution in [3.05, 3.63) is 0 Å². The van der Waals surface area contributed by atoms with Crippen LogP contribution in [0.3, 0.4) is 0 Å². The largest absolute Gasteiger partial charge is 0.388 e. The van der Waals surface area contributed by atoms with E-state index in [2.05, 4.69) is 0 Å². The minimum atomic E-state index is -1.21. The highest BCUT2D eigenvalue weighted by atomic mass is 16.7. The van der Waals surface area contributed by atoms with Gasteiger partial charge in [-0.1, -0.05) is 0 Å². The molecule has 0 amide bonds. The van der Waals surface area contributed by atoms with E-state index in [1.165, 1.54) is 24.3 Å². The molecule has 8 atom stereocenters. The van der Waals surface area contributed by atoms with Gasteiger partial charge in [-0.2, -0.15) is 10.1 Å². The van der Waals surface area contributed by atoms with Gasteiger partial charge in [-0.15, -0.1) is 0 Å². The maximum atomic E-state index is 9.70. The van der Waals surface area contributed by atoms with Gasteiger partial charge in [0.1, 0.15) is 36.6 Å². The molecule has 2 unspecified atom stereocenters. The minimum Gasteiger partial charge on any atom is -0.388 e. The average molecular weight is 443 g/mol. The van der Waals surface area contributed by atoms with Crippen molar-refractivity contribution in [1.29, 1.82) is 0 Å². The number of hydrogen-bond donors (Lipinski definition) is 6. The number of nitrogens with zero attached hydrogens (tertiary/aromatic N) is 2. The van der Waals surface area contributed by atoms with Gasteiger partial charge in [0.15, 0.2) is 12.5 Å². The number of hydrogen-bond acceptors (Lipinski definition) is 12. The van der Waals surface area contributed by atoms with Crippen molar-refractivity contribution in [3.8, 4) is 0 Å². The van der Waals surface area contributed by atoms with Crippen molar-refractivity contribution >= 4 is 0 Å². The molecule has 0 radical (unpaired) electrons. The van der Waals surface area contributed by atoms with E-state index in [0.717, 1.165) is 0 Å². The second-order valence-corrected chi connectivity index (χ2v) is 7.82. The fourth-order valence-corrected chi connectivity index (χ4v) is 3.25. The van der Waals surface area contributed by atoms with E-state index >= 15 is 0 Å². The molecule has 30 heavy (non-hydrogen) atoms. The standard InChI is InChI=1S/2C9H19NO5/c2*1-5(2)10(14-3)9-8(13)7(12)6(11)4-15-9/h2*5-9,11-13H,4H2,1-3H3/t6-,7+,8?,9-;6-,7-,8?,9-/m10/s1. The van der Waals surface area contributed by atoms with Gasteiger partial charge in [-0.3, -0.25) is 9.68 Å². The first-order valence-electron chi connectivity index (χ1n) is 9.94. The van der Waals surface area contributed by atoms with Gasteiger partial charge in [0, 0.05) is 12.1 Å². The van der Waals surface area contributed by atoms with E-state index in [0.29, 0.717) is 0 Å². The van der Waals surface area contributed by atoms with E-state index in [4.69, 9.17) is 19.1 Å². The predicted octanol–water partition coefficient (Wildman–Crippen LogP) is -2.61. The van der Waals surface area contributed by atoms with Gasteiger partial charge in [0.25, 0.3) is 0 Å². The Morgan fingerprint density at radius 3 is 1.17 bits per heavy atom. The van der Waals surface area contributed by atoms with Crippen LogP contribution in [0.25, 0.3) is 0 Å². The van der Waals surface area contributed by atoms with Crippen LogP contribution in [0.15, 0.2) is 0 Å². The van der Waals surface area contributed by atoms with Gasteiger partial charge < -0.3 is 40.1 Å². The van der Waals surface area contributed by atoms with E-state index in [9.17, 15) is 30.6 Å². The first-order chi connectivity index (χ1) is 14.0. The summed E-state index contributed by atoms with van der Waals surface area (Å²) >= 11 is 0. The number of hydroxylamine groups is 4. The number of aliphatic hydroxyl groups is 6. The minimum absolute atomic E-state index is 0.00269. The molecule has 0 aromatic rings. The molecule has 2 saturated heterocycles. The molecule has 0 aromatic heterocycles. The van der Waals surface area contributed by atoms with Crippen LogP contribution in [0.2, 0.25) is 0 Å². The Morgan fingerprint density at radius 1 is 0.633 bits per heavy atom. The monoisotopic (exact) mass is 442 g/mol. The summed E-state index contributed by atoms with van der Waals surface area (Å²) in [6.07, 6.45) is -8.40. The number of aliphatic hydroxyl groups excluding tert-OH is 6. The zero-order valence-electron chi connectivity index (χ0n) is 18.4. The highest BCUT2D eigenvalue weighted by Crippen LogP contribution is 2.21. The van der Waals surface area contributed by atoms with Crippen LogP contribution in [0, 0.1) is 0 Å². The molecule has 0 spiro atoms. The van der Waals surface area contributed by atoms with Gasteiger partial charge in [-0.05, 0) is 27.7 Å². The predicted molar refractivity (Wildman–Crippen MR) is 103 cm³/mol. The Hall–Kier alpha value is -0.480. The smallest absolute Gasteiger partial charge is 0.161 e. The Labute approximate surface area is 177 Å². The van der Waals surface area contributed by atoms with Crippen LogP contribution in [0.4, 0.5) is 0 Å². The molecule has 0 saturated carbocycles. The normalized spacial score (nSPS) is 37.6. The third-order valence-electron chi connectivity index (χ3n) is 4.89. The summed E-state index contributed by atoms with van der Waals surface area (Å²) in [4.78, 5) is 10.1. The third kappa shape index (κ3) is 6.76. The topological polar surface area (TPSA) is 165 Å². The van der Waals surface area contributed by atoms with Gasteiger partial charge in [-0.25, -0.2) is 0 Å². The molecule has 6 N–H and O–H groups in total. The Balaban J connectivity index is 0.000000300. The summed E-state index contributed by atoms with van der Waals surface area (Å²) in [5.41, 5.74) is 0. The van der Waals surface area contributed by atoms with Crippen LogP contribution >= 0.6 is 0 Å². The molecule has 0 aliphatic carbocycles.